The van der Waals surface area contributed by atoms with Crippen molar-refractivity contribution in [2.45, 2.75) is 12.8 Å². The molecule has 0 fully saturated rings. The van der Waals surface area contributed by atoms with Crippen LogP contribution in [-0.4, -0.2) is 19.5 Å². The van der Waals surface area contributed by atoms with E-state index in [9.17, 15) is 4.79 Å². The van der Waals surface area contributed by atoms with Crippen LogP contribution < -0.4 is 0 Å². The minimum absolute atomic E-state index is 0.124. The van der Waals surface area contributed by atoms with Gasteiger partial charge >= 0.3 is 0 Å². The summed E-state index contributed by atoms with van der Waals surface area (Å²) in [7, 11) is 1.63. The second kappa shape index (κ2) is 6.45. The molecule has 0 spiro atoms. The number of rotatable bonds is 5. The number of hydrogen-bond donors (Lipinski definition) is 0. The number of ketones is 1. The molecular formula is C11H12ClIO2. The molecule has 0 unspecified atom stereocenters. The van der Waals surface area contributed by atoms with E-state index in [1.54, 1.807) is 19.2 Å². The van der Waals surface area contributed by atoms with Crippen LogP contribution in [0, 0.1) is 3.57 Å². The fraction of sp³-hybridized carbons (Fsp3) is 0.364. The van der Waals surface area contributed by atoms with Crippen molar-refractivity contribution in [3.05, 3.63) is 32.4 Å². The van der Waals surface area contributed by atoms with Crippen LogP contribution in [0.25, 0.3) is 0 Å². The number of Topliss-reactive ketones (excluding diaryl/α,β-unsaturated/α-hetero) is 1. The van der Waals surface area contributed by atoms with Crippen LogP contribution in [0.5, 0.6) is 0 Å². The van der Waals surface area contributed by atoms with Crippen molar-refractivity contribution in [2.24, 2.45) is 0 Å². The molecule has 0 radical (unpaired) electrons. The first-order valence-corrected chi connectivity index (χ1v) is 6.08. The van der Waals surface area contributed by atoms with Gasteiger partial charge in [0.05, 0.1) is 0 Å². The largest absolute Gasteiger partial charge is 0.385 e. The number of carbonyl (C=O) groups excluding carboxylic acids is 1. The Labute approximate surface area is 108 Å². The van der Waals surface area contributed by atoms with Crippen LogP contribution in [0.4, 0.5) is 0 Å². The summed E-state index contributed by atoms with van der Waals surface area (Å²) in [4.78, 5) is 11.8. The molecule has 82 valence electrons. The third-order valence-electron chi connectivity index (χ3n) is 1.98. The number of methoxy groups -OCH3 is 1. The van der Waals surface area contributed by atoms with Crippen LogP contribution >= 0.6 is 34.2 Å². The Hall–Kier alpha value is -0.130. The third-order valence-corrected chi connectivity index (χ3v) is 3.16. The van der Waals surface area contributed by atoms with E-state index in [4.69, 9.17) is 16.3 Å². The molecule has 0 saturated heterocycles. The molecule has 0 aliphatic carbocycles. The standard InChI is InChI=1S/C11H12ClIO2/c1-15-6-2-3-11(14)9-7-8(12)4-5-10(9)13/h4-5,7H,2-3,6H2,1H3. The Balaban J connectivity index is 2.68. The highest BCUT2D eigenvalue weighted by Crippen LogP contribution is 2.19. The quantitative estimate of drug-likeness (QED) is 0.466. The second-order valence-electron chi connectivity index (χ2n) is 3.14. The van der Waals surface area contributed by atoms with Gasteiger partial charge in [-0.2, -0.15) is 0 Å². The second-order valence-corrected chi connectivity index (χ2v) is 4.74. The van der Waals surface area contributed by atoms with Gasteiger partial charge in [-0.25, -0.2) is 0 Å². The lowest BCUT2D eigenvalue weighted by molar-refractivity contribution is 0.0962. The summed E-state index contributed by atoms with van der Waals surface area (Å²) in [6.07, 6.45) is 1.25. The summed E-state index contributed by atoms with van der Waals surface area (Å²) in [5, 5.41) is 0.602. The van der Waals surface area contributed by atoms with Gasteiger partial charge in [0, 0.05) is 34.3 Å². The van der Waals surface area contributed by atoms with Crippen molar-refractivity contribution in [3.8, 4) is 0 Å². The number of carbonyl (C=O) groups is 1. The molecule has 15 heavy (non-hydrogen) atoms. The molecule has 2 nitrogen and oxygen atoms in total. The van der Waals surface area contributed by atoms with Crippen molar-refractivity contribution in [1.29, 1.82) is 0 Å². The normalized spacial score (nSPS) is 10.3. The number of halogens is 2. The topological polar surface area (TPSA) is 26.3 Å². The Morgan fingerprint density at radius 3 is 2.93 bits per heavy atom. The zero-order valence-electron chi connectivity index (χ0n) is 8.43. The summed E-state index contributed by atoms with van der Waals surface area (Å²) in [5.41, 5.74) is 0.708. The highest BCUT2D eigenvalue weighted by Gasteiger charge is 2.09. The fourth-order valence-corrected chi connectivity index (χ4v) is 2.03. The average Bonchev–Trinajstić information content (AvgIpc) is 2.22. The molecule has 0 aliphatic heterocycles. The molecule has 0 aromatic heterocycles. The summed E-state index contributed by atoms with van der Waals surface area (Å²) >= 11 is 7.98. The lowest BCUT2D eigenvalue weighted by Crippen LogP contribution is -2.03. The first-order valence-electron chi connectivity index (χ1n) is 4.62. The molecule has 1 rings (SSSR count). The zero-order valence-corrected chi connectivity index (χ0v) is 11.3. The molecule has 0 bridgehead atoms. The van der Waals surface area contributed by atoms with E-state index in [1.165, 1.54) is 0 Å². The summed E-state index contributed by atoms with van der Waals surface area (Å²) in [6, 6.07) is 5.36. The van der Waals surface area contributed by atoms with E-state index < -0.39 is 0 Å². The molecule has 0 heterocycles. The predicted octanol–water partition coefficient (Wildman–Crippen LogP) is 3.55. The smallest absolute Gasteiger partial charge is 0.164 e. The van der Waals surface area contributed by atoms with E-state index in [1.807, 2.05) is 6.07 Å². The summed E-state index contributed by atoms with van der Waals surface area (Å²) in [5.74, 6) is 0.124. The van der Waals surface area contributed by atoms with Crippen LogP contribution in [0.15, 0.2) is 18.2 Å². The van der Waals surface area contributed by atoms with Crippen LogP contribution in [0.3, 0.4) is 0 Å². The molecular weight excluding hydrogens is 326 g/mol. The molecule has 0 saturated carbocycles. The van der Waals surface area contributed by atoms with E-state index in [0.29, 0.717) is 23.6 Å². The zero-order chi connectivity index (χ0) is 11.3. The fourth-order valence-electron chi connectivity index (χ4n) is 1.22. The molecule has 0 atom stereocenters. The van der Waals surface area contributed by atoms with E-state index in [0.717, 1.165) is 9.99 Å². The average molecular weight is 339 g/mol. The SMILES string of the molecule is COCCCC(=O)c1cc(Cl)ccc1I. The minimum Gasteiger partial charge on any atom is -0.385 e. The summed E-state index contributed by atoms with van der Waals surface area (Å²) < 4.78 is 5.85. The molecule has 4 heteroatoms. The maximum Gasteiger partial charge on any atom is 0.164 e. The van der Waals surface area contributed by atoms with Gasteiger partial charge in [-0.15, -0.1) is 0 Å². The lowest BCUT2D eigenvalue weighted by atomic mass is 10.1. The van der Waals surface area contributed by atoms with Gasteiger partial charge in [-0.1, -0.05) is 11.6 Å². The van der Waals surface area contributed by atoms with Gasteiger partial charge in [-0.3, -0.25) is 4.79 Å². The number of hydrogen-bond acceptors (Lipinski definition) is 2. The van der Waals surface area contributed by atoms with Crippen molar-refractivity contribution in [3.63, 3.8) is 0 Å². The minimum atomic E-state index is 0.124. The Morgan fingerprint density at radius 1 is 1.53 bits per heavy atom. The predicted molar refractivity (Wildman–Crippen MR) is 69.6 cm³/mol. The van der Waals surface area contributed by atoms with Gasteiger partial charge in [-0.05, 0) is 47.2 Å². The molecule has 1 aromatic carbocycles. The number of benzene rings is 1. The monoisotopic (exact) mass is 338 g/mol. The summed E-state index contributed by atoms with van der Waals surface area (Å²) in [6.45, 7) is 0.614. The molecule has 0 aliphatic rings. The number of ether oxygens (including phenoxy) is 1. The van der Waals surface area contributed by atoms with Crippen molar-refractivity contribution in [1.82, 2.24) is 0 Å². The third kappa shape index (κ3) is 4.09. The lowest BCUT2D eigenvalue weighted by Gasteiger charge is -2.04. The van der Waals surface area contributed by atoms with Gasteiger partial charge in [0.15, 0.2) is 5.78 Å². The maximum atomic E-state index is 11.8. The van der Waals surface area contributed by atoms with Crippen LogP contribution in [0.1, 0.15) is 23.2 Å². The molecule has 1 aromatic rings. The Morgan fingerprint density at radius 2 is 2.27 bits per heavy atom. The van der Waals surface area contributed by atoms with Crippen molar-refractivity contribution in [2.75, 3.05) is 13.7 Å². The van der Waals surface area contributed by atoms with Gasteiger partial charge in [0.1, 0.15) is 0 Å². The Kier molecular flexibility index (Phi) is 5.56. The van der Waals surface area contributed by atoms with E-state index in [-0.39, 0.29) is 5.78 Å². The first kappa shape index (κ1) is 12.9. The first-order chi connectivity index (χ1) is 7.15. The molecule has 0 amide bonds. The highest BCUT2D eigenvalue weighted by molar-refractivity contribution is 14.1. The van der Waals surface area contributed by atoms with Gasteiger partial charge in [0.25, 0.3) is 0 Å². The molecule has 0 N–H and O–H groups in total. The van der Waals surface area contributed by atoms with Crippen molar-refractivity contribution >= 4 is 40.0 Å². The van der Waals surface area contributed by atoms with Crippen LogP contribution in [-0.2, 0) is 4.74 Å². The van der Waals surface area contributed by atoms with E-state index >= 15 is 0 Å². The highest BCUT2D eigenvalue weighted by atomic mass is 127. The van der Waals surface area contributed by atoms with Crippen LogP contribution in [0.2, 0.25) is 5.02 Å². The van der Waals surface area contributed by atoms with Gasteiger partial charge in [0.2, 0.25) is 0 Å². The Bertz CT molecular complexity index is 352. The maximum absolute atomic E-state index is 11.8. The van der Waals surface area contributed by atoms with Crippen molar-refractivity contribution < 1.29 is 9.53 Å². The van der Waals surface area contributed by atoms with E-state index in [2.05, 4.69) is 22.6 Å². The van der Waals surface area contributed by atoms with Gasteiger partial charge < -0.3 is 4.74 Å².